The molecule has 1 aliphatic rings. The van der Waals surface area contributed by atoms with Crippen LogP contribution in [0.1, 0.15) is 57.2 Å². The Morgan fingerprint density at radius 1 is 1.21 bits per heavy atom. The normalized spacial score (nSPS) is 15.5. The van der Waals surface area contributed by atoms with Crippen LogP contribution in [-0.4, -0.2) is 74.9 Å². The molecule has 228 valence electrons. The van der Waals surface area contributed by atoms with Crippen LogP contribution >= 0.6 is 0 Å². The van der Waals surface area contributed by atoms with Gasteiger partial charge in [-0.25, -0.2) is 13.2 Å². The molecule has 1 aliphatic heterocycles. The third kappa shape index (κ3) is 10.0. The van der Waals surface area contributed by atoms with Gasteiger partial charge in [0.05, 0.1) is 35.8 Å². The van der Waals surface area contributed by atoms with Crippen molar-refractivity contribution in [1.29, 1.82) is 5.26 Å². The van der Waals surface area contributed by atoms with E-state index in [0.717, 1.165) is 5.56 Å². The highest BCUT2D eigenvalue weighted by atomic mass is 32.2. The van der Waals surface area contributed by atoms with E-state index in [1.807, 2.05) is 26.8 Å². The van der Waals surface area contributed by atoms with Crippen LogP contribution in [0, 0.1) is 11.3 Å². The van der Waals surface area contributed by atoms with Crippen LogP contribution in [0.4, 0.5) is 10.5 Å². The zero-order valence-electron chi connectivity index (χ0n) is 24.9. The van der Waals surface area contributed by atoms with E-state index in [1.54, 1.807) is 54.3 Å². The number of methoxy groups -OCH3 is 1. The highest BCUT2D eigenvalue weighted by Gasteiger charge is 2.28. The van der Waals surface area contributed by atoms with Gasteiger partial charge in [-0.15, -0.1) is 0 Å². The second kappa shape index (κ2) is 14.5. The molecule has 3 rings (SSSR count). The molecule has 2 aromatic rings. The summed E-state index contributed by atoms with van der Waals surface area (Å²) in [4.78, 5) is 14.1. The van der Waals surface area contributed by atoms with E-state index in [-0.39, 0.29) is 31.0 Å². The van der Waals surface area contributed by atoms with Gasteiger partial charge in [-0.05, 0) is 74.7 Å². The van der Waals surface area contributed by atoms with E-state index in [9.17, 15) is 23.6 Å². The molecule has 0 aromatic heterocycles. The number of rotatable bonds is 11. The molecule has 2 aromatic carbocycles. The lowest BCUT2D eigenvalue weighted by Crippen LogP contribution is -2.44. The Hall–Kier alpha value is -3.59. The molecule has 1 heterocycles. The standard InChI is InChI=1S/C31H41N3O7S/c1-6-42(37,38)33-28-11-10-27(40-26-12-14-34(15-13-26)30(36)41-31(2,3)4)18-24(28)19-29(35)25(21-39-5)17-22-8-7-9-23(16-22)20-32/h7-11,16-18,26,29,33,35H,6,12-15,19,21H2,1-5H3/b25-17+. The van der Waals surface area contributed by atoms with E-state index in [1.165, 1.54) is 7.11 Å². The molecular weight excluding hydrogens is 558 g/mol. The second-order valence-corrected chi connectivity index (χ2v) is 13.2. The highest BCUT2D eigenvalue weighted by Crippen LogP contribution is 2.29. The van der Waals surface area contributed by atoms with Gasteiger partial charge in [-0.3, -0.25) is 4.72 Å². The average Bonchev–Trinajstić information content (AvgIpc) is 2.93. The van der Waals surface area contributed by atoms with E-state index in [2.05, 4.69) is 10.8 Å². The lowest BCUT2D eigenvalue weighted by molar-refractivity contribution is 0.0126. The summed E-state index contributed by atoms with van der Waals surface area (Å²) in [6.45, 7) is 8.18. The Morgan fingerprint density at radius 3 is 2.55 bits per heavy atom. The van der Waals surface area contributed by atoms with Gasteiger partial charge in [0.2, 0.25) is 10.0 Å². The number of hydrogen-bond acceptors (Lipinski definition) is 8. The summed E-state index contributed by atoms with van der Waals surface area (Å²) >= 11 is 0. The summed E-state index contributed by atoms with van der Waals surface area (Å²) in [5.74, 6) is 0.430. The molecule has 11 heteroatoms. The second-order valence-electron chi connectivity index (χ2n) is 11.2. The van der Waals surface area contributed by atoms with Gasteiger partial charge in [0, 0.05) is 39.5 Å². The molecule has 0 spiro atoms. The van der Waals surface area contributed by atoms with Crippen LogP contribution in [0.2, 0.25) is 0 Å². The van der Waals surface area contributed by atoms with Crippen molar-refractivity contribution in [1.82, 2.24) is 4.90 Å². The largest absolute Gasteiger partial charge is 0.490 e. The number of nitrogens with one attached hydrogen (secondary N) is 1. The van der Waals surface area contributed by atoms with Crippen molar-refractivity contribution in [2.75, 3.05) is 37.3 Å². The number of piperidine rings is 1. The van der Waals surface area contributed by atoms with E-state index < -0.39 is 21.7 Å². The molecule has 42 heavy (non-hydrogen) atoms. The van der Waals surface area contributed by atoms with Gasteiger partial charge in [0.1, 0.15) is 17.5 Å². The lowest BCUT2D eigenvalue weighted by atomic mass is 9.98. The lowest BCUT2D eigenvalue weighted by Gasteiger charge is -2.33. The minimum atomic E-state index is -3.58. The van der Waals surface area contributed by atoms with Gasteiger partial charge in [-0.2, -0.15) is 5.26 Å². The zero-order valence-corrected chi connectivity index (χ0v) is 25.7. The third-order valence-corrected chi connectivity index (χ3v) is 7.93. The summed E-state index contributed by atoms with van der Waals surface area (Å²) in [6, 6.07) is 14.2. The number of amides is 1. The predicted molar refractivity (Wildman–Crippen MR) is 162 cm³/mol. The highest BCUT2D eigenvalue weighted by molar-refractivity contribution is 7.92. The van der Waals surface area contributed by atoms with Gasteiger partial charge < -0.3 is 24.2 Å². The summed E-state index contributed by atoms with van der Waals surface area (Å²) < 4.78 is 44.5. The number of likely N-dealkylation sites (tertiary alicyclic amines) is 1. The van der Waals surface area contributed by atoms with Crippen LogP contribution in [0.15, 0.2) is 48.0 Å². The van der Waals surface area contributed by atoms with Crippen molar-refractivity contribution in [2.45, 2.75) is 64.8 Å². The molecule has 2 N–H and O–H groups in total. The van der Waals surface area contributed by atoms with Crippen LogP contribution < -0.4 is 9.46 Å². The maximum atomic E-state index is 12.4. The van der Waals surface area contributed by atoms with E-state index >= 15 is 0 Å². The molecule has 0 bridgehead atoms. The fraction of sp³-hybridized carbons (Fsp3) is 0.484. The van der Waals surface area contributed by atoms with Crippen LogP contribution in [0.25, 0.3) is 6.08 Å². The summed E-state index contributed by atoms with van der Waals surface area (Å²) in [6.07, 6.45) is 1.59. The Kier molecular flexibility index (Phi) is 11.4. The Morgan fingerprint density at radius 2 is 1.93 bits per heavy atom. The van der Waals surface area contributed by atoms with Crippen molar-refractivity contribution >= 4 is 27.9 Å². The maximum absolute atomic E-state index is 12.4. The number of nitriles is 1. The zero-order chi connectivity index (χ0) is 30.9. The molecule has 1 saturated heterocycles. The average molecular weight is 600 g/mol. The number of carbonyl (C=O) groups is 1. The number of anilines is 1. The summed E-state index contributed by atoms with van der Waals surface area (Å²) in [7, 11) is -2.05. The first-order valence-corrected chi connectivity index (χ1v) is 15.6. The monoisotopic (exact) mass is 599 g/mol. The van der Waals surface area contributed by atoms with E-state index in [4.69, 9.17) is 14.2 Å². The first-order chi connectivity index (χ1) is 19.8. The van der Waals surface area contributed by atoms with Crippen molar-refractivity contribution in [3.8, 4) is 11.8 Å². The van der Waals surface area contributed by atoms with Gasteiger partial charge >= 0.3 is 6.09 Å². The number of benzene rings is 2. The number of hydrogen-bond donors (Lipinski definition) is 2. The number of aliphatic hydroxyl groups excluding tert-OH is 1. The molecular formula is C31H41N3O7S. The Bertz CT molecular complexity index is 1400. The first kappa shape index (κ1) is 32.9. The smallest absolute Gasteiger partial charge is 0.410 e. The van der Waals surface area contributed by atoms with Crippen LogP contribution in [0.5, 0.6) is 5.75 Å². The molecule has 0 saturated carbocycles. The SMILES string of the molecule is CCS(=O)(=O)Nc1ccc(OC2CCN(C(=O)OC(C)(C)C)CC2)cc1CC(O)/C(=C/c1cccc(C#N)c1)COC. The predicted octanol–water partition coefficient (Wildman–Crippen LogP) is 4.73. The molecule has 0 radical (unpaired) electrons. The minimum absolute atomic E-state index is 0.0863. The van der Waals surface area contributed by atoms with Crippen LogP contribution in [0.3, 0.4) is 0 Å². The number of nitrogens with zero attached hydrogens (tertiary/aromatic N) is 2. The number of ether oxygens (including phenoxy) is 3. The van der Waals surface area contributed by atoms with Gasteiger partial charge in [-0.1, -0.05) is 18.2 Å². The van der Waals surface area contributed by atoms with Crippen molar-refractivity contribution in [2.24, 2.45) is 0 Å². The number of carbonyl (C=O) groups excluding carboxylic acids is 1. The minimum Gasteiger partial charge on any atom is -0.490 e. The Balaban J connectivity index is 1.80. The molecule has 0 aliphatic carbocycles. The van der Waals surface area contributed by atoms with Crippen molar-refractivity contribution < 1.29 is 32.5 Å². The first-order valence-electron chi connectivity index (χ1n) is 14.0. The van der Waals surface area contributed by atoms with Gasteiger partial charge in [0.25, 0.3) is 0 Å². The number of aliphatic hydroxyl groups is 1. The maximum Gasteiger partial charge on any atom is 0.410 e. The molecule has 10 nitrogen and oxygen atoms in total. The molecule has 1 amide bonds. The van der Waals surface area contributed by atoms with Crippen molar-refractivity contribution in [3.05, 3.63) is 64.7 Å². The van der Waals surface area contributed by atoms with Crippen LogP contribution in [-0.2, 0) is 25.9 Å². The number of sulfonamides is 1. The molecule has 1 atom stereocenters. The fourth-order valence-electron chi connectivity index (χ4n) is 4.48. The summed E-state index contributed by atoms with van der Waals surface area (Å²) in [5, 5.41) is 20.5. The fourth-order valence-corrected chi connectivity index (χ4v) is 5.16. The molecule has 1 unspecified atom stereocenters. The quantitative estimate of drug-likeness (QED) is 0.378. The van der Waals surface area contributed by atoms with Gasteiger partial charge in [0.15, 0.2) is 0 Å². The third-order valence-electron chi connectivity index (χ3n) is 6.64. The van der Waals surface area contributed by atoms with E-state index in [0.29, 0.717) is 54.1 Å². The topological polar surface area (TPSA) is 138 Å². The Labute approximate surface area is 248 Å². The molecule has 1 fully saturated rings. The van der Waals surface area contributed by atoms with Crippen molar-refractivity contribution in [3.63, 3.8) is 0 Å². The summed E-state index contributed by atoms with van der Waals surface area (Å²) in [5.41, 5.74) is 2.14.